The van der Waals surface area contributed by atoms with E-state index in [2.05, 4.69) is 0 Å². The normalized spacial score (nSPS) is 17.1. The summed E-state index contributed by atoms with van der Waals surface area (Å²) in [6.45, 7) is 8.00. The molecule has 0 bridgehead atoms. The molecule has 25 heavy (non-hydrogen) atoms. The molecule has 0 spiro atoms. The first-order valence-corrected chi connectivity index (χ1v) is 8.52. The number of Topliss-reactive ketones (excluding diaryl/α,β-unsaturated/α-hetero) is 1. The standard InChI is InChI=1S/C19H27NO5/c1-14(21)15-5-7-16(8-6-15)24-13-19(23)9-11-20(12-10-19)17(22)25-18(2,3)4/h5-8,23H,9-13H2,1-4H3. The SMILES string of the molecule is CC(=O)c1ccc(OCC2(O)CCN(C(=O)OC(C)(C)C)CC2)cc1. The first-order chi connectivity index (χ1) is 11.6. The molecule has 6 nitrogen and oxygen atoms in total. The zero-order valence-electron chi connectivity index (χ0n) is 15.4. The van der Waals surface area contributed by atoms with Gasteiger partial charge in [0.15, 0.2) is 5.78 Å². The molecule has 0 aromatic heterocycles. The number of carbonyl (C=O) groups excluding carboxylic acids is 2. The molecule has 0 unspecified atom stereocenters. The highest BCUT2D eigenvalue weighted by Crippen LogP contribution is 2.25. The number of hydrogen-bond donors (Lipinski definition) is 1. The summed E-state index contributed by atoms with van der Waals surface area (Å²) in [5.74, 6) is 0.604. The van der Waals surface area contributed by atoms with E-state index < -0.39 is 11.2 Å². The Hall–Kier alpha value is -2.08. The van der Waals surface area contributed by atoms with Crippen LogP contribution in [0, 0.1) is 0 Å². The van der Waals surface area contributed by atoms with Crippen molar-refractivity contribution in [2.75, 3.05) is 19.7 Å². The van der Waals surface area contributed by atoms with Crippen LogP contribution in [-0.2, 0) is 4.74 Å². The monoisotopic (exact) mass is 349 g/mol. The second-order valence-corrected chi connectivity index (χ2v) is 7.56. The zero-order chi connectivity index (χ0) is 18.7. The minimum atomic E-state index is -0.974. The number of nitrogens with zero attached hydrogens (tertiary/aromatic N) is 1. The van der Waals surface area contributed by atoms with Crippen LogP contribution in [0.4, 0.5) is 4.79 Å². The molecule has 1 aliphatic rings. The summed E-state index contributed by atoms with van der Waals surface area (Å²) in [6.07, 6.45) is 0.505. The highest BCUT2D eigenvalue weighted by molar-refractivity contribution is 5.94. The summed E-state index contributed by atoms with van der Waals surface area (Å²) >= 11 is 0. The van der Waals surface area contributed by atoms with Gasteiger partial charge in [0.1, 0.15) is 23.6 Å². The molecular formula is C19H27NO5. The van der Waals surface area contributed by atoms with E-state index in [-0.39, 0.29) is 18.5 Å². The van der Waals surface area contributed by atoms with Gasteiger partial charge in [-0.2, -0.15) is 0 Å². The van der Waals surface area contributed by atoms with E-state index >= 15 is 0 Å². The lowest BCUT2D eigenvalue weighted by atomic mass is 9.92. The van der Waals surface area contributed by atoms with Crippen molar-refractivity contribution in [3.05, 3.63) is 29.8 Å². The molecule has 0 atom stereocenters. The Morgan fingerprint density at radius 3 is 2.20 bits per heavy atom. The van der Waals surface area contributed by atoms with Gasteiger partial charge >= 0.3 is 6.09 Å². The van der Waals surface area contributed by atoms with Crippen molar-refractivity contribution in [1.82, 2.24) is 4.90 Å². The molecule has 2 rings (SSSR count). The van der Waals surface area contributed by atoms with E-state index in [1.807, 2.05) is 20.8 Å². The van der Waals surface area contributed by atoms with Crippen LogP contribution in [0.15, 0.2) is 24.3 Å². The van der Waals surface area contributed by atoms with Crippen LogP contribution in [0.25, 0.3) is 0 Å². The smallest absolute Gasteiger partial charge is 0.410 e. The lowest BCUT2D eigenvalue weighted by molar-refractivity contribution is -0.0561. The van der Waals surface area contributed by atoms with Gasteiger partial charge in [0.25, 0.3) is 0 Å². The Morgan fingerprint density at radius 2 is 1.72 bits per heavy atom. The minimum Gasteiger partial charge on any atom is -0.491 e. The lowest BCUT2D eigenvalue weighted by Crippen LogP contribution is -2.50. The van der Waals surface area contributed by atoms with Gasteiger partial charge in [-0.15, -0.1) is 0 Å². The van der Waals surface area contributed by atoms with E-state index in [0.717, 1.165) is 0 Å². The number of carbonyl (C=O) groups is 2. The molecule has 1 heterocycles. The van der Waals surface area contributed by atoms with E-state index in [4.69, 9.17) is 9.47 Å². The fourth-order valence-corrected chi connectivity index (χ4v) is 2.58. The van der Waals surface area contributed by atoms with Crippen LogP contribution in [0.5, 0.6) is 5.75 Å². The molecule has 0 radical (unpaired) electrons. The number of rotatable bonds is 4. The van der Waals surface area contributed by atoms with Crippen molar-refractivity contribution < 1.29 is 24.2 Å². The number of ketones is 1. The summed E-state index contributed by atoms with van der Waals surface area (Å²) < 4.78 is 11.0. The largest absolute Gasteiger partial charge is 0.491 e. The van der Waals surface area contributed by atoms with Crippen LogP contribution >= 0.6 is 0 Å². The third kappa shape index (κ3) is 5.74. The fourth-order valence-electron chi connectivity index (χ4n) is 2.58. The highest BCUT2D eigenvalue weighted by atomic mass is 16.6. The van der Waals surface area contributed by atoms with Crippen LogP contribution in [0.3, 0.4) is 0 Å². The van der Waals surface area contributed by atoms with Gasteiger partial charge in [-0.05, 0) is 64.8 Å². The molecule has 0 aliphatic carbocycles. The Kier molecular flexibility index (Phi) is 5.72. The molecule has 1 saturated heterocycles. The maximum absolute atomic E-state index is 12.1. The van der Waals surface area contributed by atoms with Crippen molar-refractivity contribution in [3.63, 3.8) is 0 Å². The number of amides is 1. The van der Waals surface area contributed by atoms with Crippen molar-refractivity contribution in [2.24, 2.45) is 0 Å². The summed E-state index contributed by atoms with van der Waals surface area (Å²) in [5.41, 5.74) is -0.880. The number of likely N-dealkylation sites (tertiary alicyclic amines) is 1. The van der Waals surface area contributed by atoms with E-state index in [0.29, 0.717) is 37.2 Å². The highest BCUT2D eigenvalue weighted by Gasteiger charge is 2.36. The third-order valence-electron chi connectivity index (χ3n) is 4.11. The van der Waals surface area contributed by atoms with Crippen LogP contribution < -0.4 is 4.74 Å². The average molecular weight is 349 g/mol. The molecule has 0 saturated carbocycles. The second-order valence-electron chi connectivity index (χ2n) is 7.56. The minimum absolute atomic E-state index is 0.000284. The summed E-state index contributed by atoms with van der Waals surface area (Å²) in [6, 6.07) is 6.84. The molecule has 138 valence electrons. The average Bonchev–Trinajstić information content (AvgIpc) is 2.52. The van der Waals surface area contributed by atoms with Crippen molar-refractivity contribution in [3.8, 4) is 5.75 Å². The van der Waals surface area contributed by atoms with E-state index in [1.54, 1.807) is 29.2 Å². The van der Waals surface area contributed by atoms with Gasteiger partial charge in [0, 0.05) is 18.7 Å². The number of benzene rings is 1. The molecule has 1 aromatic rings. The predicted octanol–water partition coefficient (Wildman–Crippen LogP) is 3.03. The molecular weight excluding hydrogens is 322 g/mol. The van der Waals surface area contributed by atoms with Gasteiger partial charge in [0.2, 0.25) is 0 Å². The maximum Gasteiger partial charge on any atom is 0.410 e. The first-order valence-electron chi connectivity index (χ1n) is 8.52. The van der Waals surface area contributed by atoms with Crippen LogP contribution in [0.2, 0.25) is 0 Å². The molecule has 1 N–H and O–H groups in total. The van der Waals surface area contributed by atoms with E-state index in [1.165, 1.54) is 6.92 Å². The Bertz CT molecular complexity index is 610. The maximum atomic E-state index is 12.1. The van der Waals surface area contributed by atoms with Crippen LogP contribution in [-0.4, -0.2) is 52.8 Å². The summed E-state index contributed by atoms with van der Waals surface area (Å²) in [5, 5.41) is 10.6. The molecule has 6 heteroatoms. The van der Waals surface area contributed by atoms with Gasteiger partial charge in [-0.3, -0.25) is 4.79 Å². The molecule has 1 amide bonds. The molecule has 1 fully saturated rings. The quantitative estimate of drug-likeness (QED) is 0.846. The predicted molar refractivity (Wildman–Crippen MR) is 93.9 cm³/mol. The van der Waals surface area contributed by atoms with Crippen LogP contribution in [0.1, 0.15) is 50.9 Å². The van der Waals surface area contributed by atoms with E-state index in [9.17, 15) is 14.7 Å². The number of piperidine rings is 1. The lowest BCUT2D eigenvalue weighted by Gasteiger charge is -2.38. The number of ether oxygens (including phenoxy) is 2. The van der Waals surface area contributed by atoms with Gasteiger partial charge in [-0.1, -0.05) is 0 Å². The number of hydrogen-bond acceptors (Lipinski definition) is 5. The van der Waals surface area contributed by atoms with Crippen molar-refractivity contribution in [1.29, 1.82) is 0 Å². The van der Waals surface area contributed by atoms with Crippen molar-refractivity contribution >= 4 is 11.9 Å². The Balaban J connectivity index is 1.84. The summed E-state index contributed by atoms with van der Waals surface area (Å²) in [4.78, 5) is 24.9. The molecule has 1 aliphatic heterocycles. The first kappa shape index (κ1) is 19.2. The van der Waals surface area contributed by atoms with Crippen molar-refractivity contribution in [2.45, 2.75) is 51.7 Å². The molecule has 1 aromatic carbocycles. The zero-order valence-corrected chi connectivity index (χ0v) is 15.4. The fraction of sp³-hybridized carbons (Fsp3) is 0.579. The second kappa shape index (κ2) is 7.44. The number of aliphatic hydroxyl groups is 1. The Labute approximate surface area is 148 Å². The van der Waals surface area contributed by atoms with Gasteiger partial charge in [0.05, 0.1) is 0 Å². The third-order valence-corrected chi connectivity index (χ3v) is 4.11. The Morgan fingerprint density at radius 1 is 1.16 bits per heavy atom. The summed E-state index contributed by atoms with van der Waals surface area (Å²) in [7, 11) is 0. The topological polar surface area (TPSA) is 76.1 Å². The van der Waals surface area contributed by atoms with Gasteiger partial charge < -0.3 is 19.5 Å². The van der Waals surface area contributed by atoms with Gasteiger partial charge in [-0.25, -0.2) is 4.79 Å².